The molecule has 0 spiro atoms. The standard InChI is InChI=1S/C24H33Cl2NO.ClH/c1-6-24(4,5)20-10-12-23(28-14-13-27(7-2)8-3)19(16-20)15-18-9-11-21(25)17-22(18)26;/h9-12,16-17H,6-8,13-15H2,1-5H3;1H. The second kappa shape index (κ2) is 12.1. The van der Waals surface area contributed by atoms with E-state index in [0.29, 0.717) is 16.7 Å². The molecule has 0 bridgehead atoms. The lowest BCUT2D eigenvalue weighted by Crippen LogP contribution is -2.28. The number of halogens is 3. The van der Waals surface area contributed by atoms with Crippen LogP contribution in [0.2, 0.25) is 10.0 Å². The molecule has 0 saturated carbocycles. The van der Waals surface area contributed by atoms with E-state index in [1.54, 1.807) is 6.07 Å². The Hall–Kier alpha value is -0.930. The second-order valence-electron chi connectivity index (χ2n) is 7.85. The fourth-order valence-corrected chi connectivity index (χ4v) is 3.65. The first-order chi connectivity index (χ1) is 13.3. The largest absolute Gasteiger partial charge is 0.492 e. The van der Waals surface area contributed by atoms with Crippen LogP contribution in [0.15, 0.2) is 36.4 Å². The molecule has 29 heavy (non-hydrogen) atoms. The third-order valence-corrected chi connectivity index (χ3v) is 6.27. The van der Waals surface area contributed by atoms with Gasteiger partial charge in [0, 0.05) is 23.0 Å². The summed E-state index contributed by atoms with van der Waals surface area (Å²) in [7, 11) is 0. The highest BCUT2D eigenvalue weighted by Crippen LogP contribution is 2.33. The van der Waals surface area contributed by atoms with Gasteiger partial charge in [0.2, 0.25) is 0 Å². The number of ether oxygens (including phenoxy) is 1. The minimum atomic E-state index is 0. The number of rotatable bonds is 10. The van der Waals surface area contributed by atoms with Gasteiger partial charge in [0.05, 0.1) is 0 Å². The summed E-state index contributed by atoms with van der Waals surface area (Å²) in [5.74, 6) is 0.939. The van der Waals surface area contributed by atoms with Gasteiger partial charge in [0.25, 0.3) is 0 Å². The van der Waals surface area contributed by atoms with Gasteiger partial charge in [0.15, 0.2) is 0 Å². The van der Waals surface area contributed by atoms with Crippen molar-refractivity contribution in [2.45, 2.75) is 52.9 Å². The van der Waals surface area contributed by atoms with E-state index in [1.165, 1.54) is 11.1 Å². The van der Waals surface area contributed by atoms with Crippen LogP contribution in [0.4, 0.5) is 0 Å². The SMILES string of the molecule is CCN(CC)CCOc1ccc(C(C)(C)CC)cc1Cc1ccc(Cl)cc1Cl.Cl. The quantitative estimate of drug-likeness (QED) is 0.367. The van der Waals surface area contributed by atoms with Crippen LogP contribution in [0.1, 0.15) is 57.7 Å². The normalized spacial score (nSPS) is 11.4. The zero-order valence-corrected chi connectivity index (χ0v) is 20.6. The number of benzene rings is 2. The average Bonchev–Trinajstić information content (AvgIpc) is 2.68. The van der Waals surface area contributed by atoms with Crippen LogP contribution in [-0.4, -0.2) is 31.1 Å². The van der Waals surface area contributed by atoms with E-state index in [0.717, 1.165) is 43.8 Å². The summed E-state index contributed by atoms with van der Waals surface area (Å²) in [4.78, 5) is 2.37. The molecule has 0 aromatic heterocycles. The van der Waals surface area contributed by atoms with Gasteiger partial charge >= 0.3 is 0 Å². The van der Waals surface area contributed by atoms with Gasteiger partial charge in [-0.25, -0.2) is 0 Å². The van der Waals surface area contributed by atoms with Crippen molar-refractivity contribution < 1.29 is 4.74 Å². The maximum Gasteiger partial charge on any atom is 0.122 e. The maximum absolute atomic E-state index is 6.44. The van der Waals surface area contributed by atoms with Crippen LogP contribution in [0.5, 0.6) is 5.75 Å². The second-order valence-corrected chi connectivity index (χ2v) is 8.69. The van der Waals surface area contributed by atoms with Gasteiger partial charge in [-0.2, -0.15) is 0 Å². The lowest BCUT2D eigenvalue weighted by molar-refractivity contribution is 0.221. The molecule has 0 radical (unpaired) electrons. The molecule has 0 amide bonds. The van der Waals surface area contributed by atoms with Gasteiger partial charge in [-0.3, -0.25) is 0 Å². The molecule has 0 unspecified atom stereocenters. The highest BCUT2D eigenvalue weighted by atomic mass is 35.5. The minimum Gasteiger partial charge on any atom is -0.492 e. The summed E-state index contributed by atoms with van der Waals surface area (Å²) in [6.45, 7) is 14.8. The molecule has 0 aliphatic rings. The molecule has 0 aliphatic carbocycles. The van der Waals surface area contributed by atoms with Crippen molar-refractivity contribution in [2.24, 2.45) is 0 Å². The Morgan fingerprint density at radius 1 is 0.931 bits per heavy atom. The molecular weight excluding hydrogens is 425 g/mol. The lowest BCUT2D eigenvalue weighted by Gasteiger charge is -2.25. The smallest absolute Gasteiger partial charge is 0.122 e. The van der Waals surface area contributed by atoms with Crippen molar-refractivity contribution in [1.82, 2.24) is 4.90 Å². The molecule has 0 fully saturated rings. The summed E-state index contributed by atoms with van der Waals surface area (Å²) < 4.78 is 6.20. The van der Waals surface area contributed by atoms with E-state index in [-0.39, 0.29) is 17.8 Å². The number of hydrogen-bond acceptors (Lipinski definition) is 2. The van der Waals surface area contributed by atoms with Gasteiger partial charge in [-0.05, 0) is 59.8 Å². The summed E-state index contributed by atoms with van der Waals surface area (Å²) in [5, 5.41) is 1.35. The van der Waals surface area contributed by atoms with E-state index < -0.39 is 0 Å². The molecule has 2 rings (SSSR count). The highest BCUT2D eigenvalue weighted by molar-refractivity contribution is 6.35. The number of hydrogen-bond donors (Lipinski definition) is 0. The first-order valence-electron chi connectivity index (χ1n) is 10.2. The van der Waals surface area contributed by atoms with Crippen molar-refractivity contribution in [2.75, 3.05) is 26.2 Å². The van der Waals surface area contributed by atoms with E-state index in [2.05, 4.69) is 57.7 Å². The summed E-state index contributed by atoms with van der Waals surface area (Å²) in [6, 6.07) is 12.3. The van der Waals surface area contributed by atoms with Crippen molar-refractivity contribution in [3.63, 3.8) is 0 Å². The van der Waals surface area contributed by atoms with Crippen molar-refractivity contribution >= 4 is 35.6 Å². The van der Waals surface area contributed by atoms with Crippen LogP contribution in [0.25, 0.3) is 0 Å². The van der Waals surface area contributed by atoms with Crippen LogP contribution in [0, 0.1) is 0 Å². The first kappa shape index (κ1) is 26.1. The Bertz CT molecular complexity index is 773. The highest BCUT2D eigenvalue weighted by Gasteiger charge is 2.20. The molecule has 0 N–H and O–H groups in total. The van der Waals surface area contributed by atoms with Gasteiger partial charge in [-0.1, -0.05) is 76.0 Å². The summed E-state index contributed by atoms with van der Waals surface area (Å²) in [5.41, 5.74) is 3.68. The Morgan fingerprint density at radius 2 is 1.62 bits per heavy atom. The molecule has 2 aromatic carbocycles. The Labute approximate surface area is 193 Å². The predicted octanol–water partition coefficient (Wildman–Crippen LogP) is 7.41. The third-order valence-electron chi connectivity index (χ3n) is 5.68. The van der Waals surface area contributed by atoms with E-state index in [1.807, 2.05) is 12.1 Å². The van der Waals surface area contributed by atoms with Gasteiger partial charge in [-0.15, -0.1) is 12.4 Å². The minimum absolute atomic E-state index is 0. The fourth-order valence-electron chi connectivity index (χ4n) is 3.18. The zero-order valence-electron chi connectivity index (χ0n) is 18.2. The van der Waals surface area contributed by atoms with E-state index >= 15 is 0 Å². The summed E-state index contributed by atoms with van der Waals surface area (Å²) >= 11 is 12.5. The molecule has 2 aromatic rings. The first-order valence-corrected chi connectivity index (χ1v) is 11.0. The molecule has 0 atom stereocenters. The molecule has 0 aliphatic heterocycles. The number of nitrogens with zero attached hydrogens (tertiary/aromatic N) is 1. The maximum atomic E-state index is 6.44. The topological polar surface area (TPSA) is 12.5 Å². The van der Waals surface area contributed by atoms with Crippen LogP contribution in [0.3, 0.4) is 0 Å². The van der Waals surface area contributed by atoms with Crippen LogP contribution >= 0.6 is 35.6 Å². The van der Waals surface area contributed by atoms with Crippen molar-refractivity contribution in [3.05, 3.63) is 63.1 Å². The number of likely N-dealkylation sites (N-methyl/N-ethyl adjacent to an activating group) is 1. The fraction of sp³-hybridized carbons (Fsp3) is 0.500. The van der Waals surface area contributed by atoms with Crippen molar-refractivity contribution in [1.29, 1.82) is 0 Å². The van der Waals surface area contributed by atoms with Crippen LogP contribution in [-0.2, 0) is 11.8 Å². The predicted molar refractivity (Wildman–Crippen MR) is 130 cm³/mol. The van der Waals surface area contributed by atoms with Crippen LogP contribution < -0.4 is 4.74 Å². The van der Waals surface area contributed by atoms with E-state index in [4.69, 9.17) is 27.9 Å². The monoisotopic (exact) mass is 457 g/mol. The average molecular weight is 459 g/mol. The molecule has 0 heterocycles. The van der Waals surface area contributed by atoms with Crippen molar-refractivity contribution in [3.8, 4) is 5.75 Å². The van der Waals surface area contributed by atoms with Gasteiger partial charge < -0.3 is 9.64 Å². The Balaban J connectivity index is 0.00000420. The molecule has 5 heteroatoms. The Kier molecular flexibility index (Phi) is 10.8. The molecule has 0 saturated heterocycles. The molecule has 162 valence electrons. The Morgan fingerprint density at radius 3 is 2.21 bits per heavy atom. The molecule has 2 nitrogen and oxygen atoms in total. The van der Waals surface area contributed by atoms with E-state index in [9.17, 15) is 0 Å². The molecular formula is C24H34Cl3NO. The summed E-state index contributed by atoms with van der Waals surface area (Å²) in [6.07, 6.45) is 1.81. The lowest BCUT2D eigenvalue weighted by atomic mass is 9.81. The van der Waals surface area contributed by atoms with Gasteiger partial charge in [0.1, 0.15) is 12.4 Å². The zero-order chi connectivity index (χ0) is 20.7. The third kappa shape index (κ3) is 7.36.